The Balaban J connectivity index is 1.81. The van der Waals surface area contributed by atoms with Crippen LogP contribution in [0, 0.1) is 5.82 Å². The normalized spacial score (nSPS) is 20.8. The fourth-order valence-corrected chi connectivity index (χ4v) is 5.51. The highest BCUT2D eigenvalue weighted by Gasteiger charge is 2.43. The van der Waals surface area contributed by atoms with Crippen LogP contribution >= 0.6 is 22.9 Å². The summed E-state index contributed by atoms with van der Waals surface area (Å²) in [5.41, 5.74) is 1.91. The molecule has 2 atom stereocenters. The third-order valence-electron chi connectivity index (χ3n) is 5.80. The molecule has 1 N–H and O–H groups in total. The number of carbonyl (C=O) groups is 2. The van der Waals surface area contributed by atoms with Crippen LogP contribution in [0.4, 0.5) is 4.39 Å². The third kappa shape index (κ3) is 4.25. The fraction of sp³-hybridized carbons (Fsp3) is 0.333. The number of dihydropyridines is 1. The Hall–Kier alpha value is -2.48. The molecular formula is C24H23ClFNO4S. The van der Waals surface area contributed by atoms with Gasteiger partial charge in [0.05, 0.1) is 18.1 Å². The van der Waals surface area contributed by atoms with E-state index < -0.39 is 17.7 Å². The van der Waals surface area contributed by atoms with Gasteiger partial charge in [-0.15, -0.1) is 11.3 Å². The summed E-state index contributed by atoms with van der Waals surface area (Å²) in [5, 5.41) is 5.39. The van der Waals surface area contributed by atoms with Gasteiger partial charge in [0.2, 0.25) is 0 Å². The molecule has 0 radical (unpaired) electrons. The Labute approximate surface area is 194 Å². The minimum absolute atomic E-state index is 0.0356. The Morgan fingerprint density at radius 3 is 2.75 bits per heavy atom. The number of thiophene rings is 1. The van der Waals surface area contributed by atoms with Crippen molar-refractivity contribution in [1.82, 2.24) is 5.32 Å². The van der Waals surface area contributed by atoms with Gasteiger partial charge < -0.3 is 14.8 Å². The van der Waals surface area contributed by atoms with E-state index in [0.29, 0.717) is 23.4 Å². The number of ether oxygens (including phenoxy) is 2. The number of ketones is 1. The summed E-state index contributed by atoms with van der Waals surface area (Å²) >= 11 is 8.02. The molecule has 2 aromatic rings. The fourth-order valence-electron chi connectivity index (χ4n) is 4.40. The number of hydrogen-bond donors (Lipinski definition) is 1. The summed E-state index contributed by atoms with van der Waals surface area (Å²) < 4.78 is 25.4. The van der Waals surface area contributed by atoms with E-state index in [1.807, 2.05) is 17.5 Å². The van der Waals surface area contributed by atoms with Gasteiger partial charge in [0, 0.05) is 51.9 Å². The monoisotopic (exact) mass is 475 g/mol. The third-order valence-corrected chi connectivity index (χ3v) is 7.17. The second-order valence-corrected chi connectivity index (χ2v) is 9.18. The van der Waals surface area contributed by atoms with Crippen molar-refractivity contribution in [3.8, 4) is 0 Å². The molecule has 0 spiro atoms. The van der Waals surface area contributed by atoms with Crippen LogP contribution < -0.4 is 5.32 Å². The Morgan fingerprint density at radius 1 is 1.25 bits per heavy atom. The summed E-state index contributed by atoms with van der Waals surface area (Å²) in [6.45, 7) is 2.01. The largest absolute Gasteiger partial charge is 0.460 e. The molecule has 2 heterocycles. The lowest BCUT2D eigenvalue weighted by molar-refractivity contribution is -0.140. The van der Waals surface area contributed by atoms with Crippen molar-refractivity contribution in [3.05, 3.63) is 79.5 Å². The van der Waals surface area contributed by atoms with Crippen molar-refractivity contribution in [2.24, 2.45) is 0 Å². The summed E-state index contributed by atoms with van der Waals surface area (Å²) in [7, 11) is 1.50. The van der Waals surface area contributed by atoms with Crippen LogP contribution in [0.2, 0.25) is 5.02 Å². The molecule has 0 saturated carbocycles. The average Bonchev–Trinajstić information content (AvgIpc) is 3.28. The molecule has 1 aromatic carbocycles. The van der Waals surface area contributed by atoms with Gasteiger partial charge in [-0.05, 0) is 36.9 Å². The average molecular weight is 476 g/mol. The van der Waals surface area contributed by atoms with Crippen LogP contribution in [0.3, 0.4) is 0 Å². The zero-order chi connectivity index (χ0) is 22.8. The molecule has 0 amide bonds. The van der Waals surface area contributed by atoms with Crippen molar-refractivity contribution < 1.29 is 23.5 Å². The maximum atomic E-state index is 15.1. The first-order valence-electron chi connectivity index (χ1n) is 10.3. The van der Waals surface area contributed by atoms with Crippen molar-refractivity contribution in [2.75, 3.05) is 20.3 Å². The maximum absolute atomic E-state index is 15.1. The van der Waals surface area contributed by atoms with Crippen LogP contribution in [0.1, 0.15) is 42.0 Å². The van der Waals surface area contributed by atoms with E-state index in [2.05, 4.69) is 5.32 Å². The number of esters is 1. The van der Waals surface area contributed by atoms with Crippen LogP contribution in [-0.4, -0.2) is 32.1 Å². The highest BCUT2D eigenvalue weighted by atomic mass is 35.5. The topological polar surface area (TPSA) is 64.6 Å². The van der Waals surface area contributed by atoms with Crippen molar-refractivity contribution in [3.63, 3.8) is 0 Å². The molecule has 1 aliphatic carbocycles. The molecule has 1 aliphatic heterocycles. The molecule has 5 nitrogen and oxygen atoms in total. The zero-order valence-electron chi connectivity index (χ0n) is 17.7. The molecule has 1 aromatic heterocycles. The molecule has 8 heteroatoms. The number of allylic oxidation sites excluding steroid dienone is 3. The van der Waals surface area contributed by atoms with Crippen LogP contribution in [0.5, 0.6) is 0 Å². The molecular weight excluding hydrogens is 453 g/mol. The minimum atomic E-state index is -0.938. The van der Waals surface area contributed by atoms with Gasteiger partial charge in [0.15, 0.2) is 5.78 Å². The molecule has 0 unspecified atom stereocenters. The van der Waals surface area contributed by atoms with E-state index in [1.54, 1.807) is 24.3 Å². The van der Waals surface area contributed by atoms with Gasteiger partial charge >= 0.3 is 5.97 Å². The SMILES string of the molecule is COCCOC(=O)C1=C(C)NC2=C(C(=O)C[C@H](c3cccs3)C2)[C@H]1c1c(F)cccc1Cl. The number of hydrogen-bond acceptors (Lipinski definition) is 6. The molecule has 4 rings (SSSR count). The van der Waals surface area contributed by atoms with Crippen molar-refractivity contribution >= 4 is 34.7 Å². The van der Waals surface area contributed by atoms with Gasteiger partial charge in [-0.1, -0.05) is 23.7 Å². The molecule has 0 fully saturated rings. The van der Waals surface area contributed by atoms with Crippen LogP contribution in [-0.2, 0) is 19.1 Å². The van der Waals surface area contributed by atoms with Gasteiger partial charge in [0.1, 0.15) is 12.4 Å². The lowest BCUT2D eigenvalue weighted by Gasteiger charge is -2.36. The minimum Gasteiger partial charge on any atom is -0.460 e. The van der Waals surface area contributed by atoms with Gasteiger partial charge in [-0.3, -0.25) is 4.79 Å². The first-order valence-corrected chi connectivity index (χ1v) is 11.6. The molecule has 0 saturated heterocycles. The second-order valence-electron chi connectivity index (χ2n) is 7.80. The second kappa shape index (κ2) is 9.57. The summed E-state index contributed by atoms with van der Waals surface area (Å²) in [6.07, 6.45) is 0.877. The predicted octanol–water partition coefficient (Wildman–Crippen LogP) is 5.09. The van der Waals surface area contributed by atoms with Gasteiger partial charge in [0.25, 0.3) is 0 Å². The van der Waals surface area contributed by atoms with Gasteiger partial charge in [-0.25, -0.2) is 9.18 Å². The first-order chi connectivity index (χ1) is 15.4. The number of nitrogens with one attached hydrogen (secondary N) is 1. The van der Waals surface area contributed by atoms with Crippen molar-refractivity contribution in [2.45, 2.75) is 31.6 Å². The van der Waals surface area contributed by atoms with Crippen LogP contribution in [0.15, 0.2) is 58.3 Å². The lowest BCUT2D eigenvalue weighted by Crippen LogP contribution is -2.36. The molecule has 0 bridgehead atoms. The van der Waals surface area contributed by atoms with E-state index in [4.69, 9.17) is 21.1 Å². The zero-order valence-corrected chi connectivity index (χ0v) is 19.3. The van der Waals surface area contributed by atoms with E-state index in [1.165, 1.54) is 19.2 Å². The molecule has 168 valence electrons. The quantitative estimate of drug-likeness (QED) is 0.465. The maximum Gasteiger partial charge on any atom is 0.336 e. The summed E-state index contributed by atoms with van der Waals surface area (Å²) in [6, 6.07) is 8.33. The van der Waals surface area contributed by atoms with Crippen molar-refractivity contribution in [1.29, 1.82) is 0 Å². The summed E-state index contributed by atoms with van der Waals surface area (Å²) in [5.74, 6) is -2.23. The molecule has 2 aliphatic rings. The number of Topliss-reactive ketones (excluding diaryl/α,β-unsaturated/α-hetero) is 1. The Morgan fingerprint density at radius 2 is 2.06 bits per heavy atom. The standard InChI is InChI=1S/C24H23ClFNO4S/c1-13-20(24(29)31-9-8-30-2)23(21-15(25)5-3-6-16(21)26)22-17(27-13)11-14(12-18(22)28)19-7-4-10-32-19/h3-7,10,14,23,27H,8-9,11-12H2,1-2H3/t14-,23-/m1/s1. The number of rotatable bonds is 6. The van der Waals surface area contributed by atoms with Gasteiger partial charge in [-0.2, -0.15) is 0 Å². The van der Waals surface area contributed by atoms with E-state index in [0.717, 1.165) is 4.88 Å². The smallest absolute Gasteiger partial charge is 0.336 e. The lowest BCUT2D eigenvalue weighted by atomic mass is 9.72. The predicted molar refractivity (Wildman–Crippen MR) is 121 cm³/mol. The highest BCUT2D eigenvalue weighted by Crippen LogP contribution is 2.48. The Bertz CT molecular complexity index is 1090. The first kappa shape index (κ1) is 22.7. The summed E-state index contributed by atoms with van der Waals surface area (Å²) in [4.78, 5) is 27.6. The Kier molecular flexibility index (Phi) is 6.79. The highest BCUT2D eigenvalue weighted by molar-refractivity contribution is 7.10. The number of methoxy groups -OCH3 is 1. The number of halogens is 2. The number of carbonyl (C=O) groups excluding carboxylic acids is 2. The van der Waals surface area contributed by atoms with E-state index >= 15 is 4.39 Å². The van der Waals surface area contributed by atoms with Crippen LogP contribution in [0.25, 0.3) is 0 Å². The molecule has 32 heavy (non-hydrogen) atoms. The van der Waals surface area contributed by atoms with E-state index in [-0.39, 0.29) is 47.5 Å². The van der Waals surface area contributed by atoms with E-state index in [9.17, 15) is 9.59 Å². The number of benzene rings is 1.